The van der Waals surface area contributed by atoms with Crippen molar-refractivity contribution in [2.45, 2.75) is 18.7 Å². The van der Waals surface area contributed by atoms with E-state index in [-0.39, 0.29) is 17.3 Å². The van der Waals surface area contributed by atoms with Gasteiger partial charge < -0.3 is 5.32 Å². The molecule has 0 aromatic heterocycles. The minimum absolute atomic E-state index is 0.0706. The van der Waals surface area contributed by atoms with Crippen LogP contribution < -0.4 is 10.0 Å². The Morgan fingerprint density at radius 3 is 2.68 bits per heavy atom. The Kier molecular flexibility index (Phi) is 5.26. The molecule has 0 aliphatic heterocycles. The SMILES string of the molecule is C=CCNS(=O)(=O)c1ccc(C)c(C(=O)NCC)c1. The van der Waals surface area contributed by atoms with Gasteiger partial charge in [0.25, 0.3) is 5.91 Å². The quantitative estimate of drug-likeness (QED) is 0.770. The van der Waals surface area contributed by atoms with E-state index < -0.39 is 10.0 Å². The highest BCUT2D eigenvalue weighted by Crippen LogP contribution is 2.15. The Morgan fingerprint density at radius 1 is 1.42 bits per heavy atom. The summed E-state index contributed by atoms with van der Waals surface area (Å²) in [5.74, 6) is -0.277. The predicted molar refractivity (Wildman–Crippen MR) is 74.6 cm³/mol. The summed E-state index contributed by atoms with van der Waals surface area (Å²) in [4.78, 5) is 11.9. The summed E-state index contributed by atoms with van der Waals surface area (Å²) in [6, 6.07) is 4.47. The van der Waals surface area contributed by atoms with Gasteiger partial charge in [0.05, 0.1) is 4.90 Å². The molecule has 5 nitrogen and oxygen atoms in total. The lowest BCUT2D eigenvalue weighted by Crippen LogP contribution is -2.26. The molecule has 0 aliphatic carbocycles. The fourth-order valence-corrected chi connectivity index (χ4v) is 2.54. The van der Waals surface area contributed by atoms with Gasteiger partial charge in [-0.25, -0.2) is 13.1 Å². The van der Waals surface area contributed by atoms with Crippen LogP contribution in [0.4, 0.5) is 0 Å². The van der Waals surface area contributed by atoms with Crippen molar-refractivity contribution in [3.05, 3.63) is 42.0 Å². The lowest BCUT2D eigenvalue weighted by Gasteiger charge is -2.09. The number of nitrogens with one attached hydrogen (secondary N) is 2. The first-order valence-corrected chi connectivity index (χ1v) is 7.40. The first-order chi connectivity index (χ1) is 8.92. The summed E-state index contributed by atoms with van der Waals surface area (Å²) in [5, 5.41) is 2.65. The molecule has 1 aromatic rings. The summed E-state index contributed by atoms with van der Waals surface area (Å²) in [6.45, 7) is 7.65. The fourth-order valence-electron chi connectivity index (χ4n) is 1.52. The molecule has 0 unspecified atom stereocenters. The summed E-state index contributed by atoms with van der Waals surface area (Å²) >= 11 is 0. The van der Waals surface area contributed by atoms with Gasteiger partial charge in [0, 0.05) is 18.7 Å². The largest absolute Gasteiger partial charge is 0.352 e. The molecule has 0 heterocycles. The molecule has 1 aromatic carbocycles. The average molecular weight is 282 g/mol. The molecule has 0 fully saturated rings. The number of rotatable bonds is 6. The molecule has 0 aliphatic rings. The molecule has 6 heteroatoms. The topological polar surface area (TPSA) is 75.3 Å². The molecule has 19 heavy (non-hydrogen) atoms. The molecular weight excluding hydrogens is 264 g/mol. The molecular formula is C13H18N2O3S. The number of hydrogen-bond donors (Lipinski definition) is 2. The maximum absolute atomic E-state index is 11.9. The Balaban J connectivity index is 3.15. The van der Waals surface area contributed by atoms with E-state index in [2.05, 4.69) is 16.6 Å². The van der Waals surface area contributed by atoms with Crippen LogP contribution in [0, 0.1) is 6.92 Å². The molecule has 0 atom stereocenters. The Labute approximate surface area is 113 Å². The maximum atomic E-state index is 11.9. The van der Waals surface area contributed by atoms with E-state index in [9.17, 15) is 13.2 Å². The van der Waals surface area contributed by atoms with E-state index in [1.807, 2.05) is 0 Å². The van der Waals surface area contributed by atoms with E-state index in [0.717, 1.165) is 5.56 Å². The van der Waals surface area contributed by atoms with Crippen molar-refractivity contribution in [2.75, 3.05) is 13.1 Å². The van der Waals surface area contributed by atoms with Crippen LogP contribution in [0.15, 0.2) is 35.7 Å². The lowest BCUT2D eigenvalue weighted by molar-refractivity contribution is 0.0955. The summed E-state index contributed by atoms with van der Waals surface area (Å²) in [6.07, 6.45) is 1.45. The van der Waals surface area contributed by atoms with Crippen molar-refractivity contribution in [2.24, 2.45) is 0 Å². The second kappa shape index (κ2) is 6.49. The van der Waals surface area contributed by atoms with Crippen LogP contribution in [-0.4, -0.2) is 27.4 Å². The number of sulfonamides is 1. The summed E-state index contributed by atoms with van der Waals surface area (Å²) < 4.78 is 26.3. The zero-order valence-electron chi connectivity index (χ0n) is 11.1. The maximum Gasteiger partial charge on any atom is 0.251 e. The van der Waals surface area contributed by atoms with E-state index in [4.69, 9.17) is 0 Å². The van der Waals surface area contributed by atoms with Gasteiger partial charge in [0.2, 0.25) is 10.0 Å². The molecule has 0 saturated heterocycles. The molecule has 0 spiro atoms. The van der Waals surface area contributed by atoms with E-state index >= 15 is 0 Å². The van der Waals surface area contributed by atoms with Gasteiger partial charge in [-0.05, 0) is 31.5 Å². The Hall–Kier alpha value is -1.66. The molecule has 0 bridgehead atoms. The third-order valence-electron chi connectivity index (χ3n) is 2.52. The zero-order valence-corrected chi connectivity index (χ0v) is 11.9. The highest BCUT2D eigenvalue weighted by atomic mass is 32.2. The van der Waals surface area contributed by atoms with Crippen LogP contribution in [0.25, 0.3) is 0 Å². The van der Waals surface area contributed by atoms with Crippen molar-refractivity contribution in [3.63, 3.8) is 0 Å². The van der Waals surface area contributed by atoms with Gasteiger partial charge in [-0.2, -0.15) is 0 Å². The summed E-state index contributed by atoms with van der Waals surface area (Å²) in [5.41, 5.74) is 1.09. The van der Waals surface area contributed by atoms with Crippen molar-refractivity contribution in [1.29, 1.82) is 0 Å². The minimum Gasteiger partial charge on any atom is -0.352 e. The van der Waals surface area contributed by atoms with Gasteiger partial charge in [0.1, 0.15) is 0 Å². The minimum atomic E-state index is -3.61. The number of carbonyl (C=O) groups is 1. The molecule has 1 rings (SSSR count). The van der Waals surface area contributed by atoms with Gasteiger partial charge in [-0.3, -0.25) is 4.79 Å². The number of benzene rings is 1. The smallest absolute Gasteiger partial charge is 0.251 e. The van der Waals surface area contributed by atoms with Crippen molar-refractivity contribution in [1.82, 2.24) is 10.0 Å². The fraction of sp³-hybridized carbons (Fsp3) is 0.308. The zero-order chi connectivity index (χ0) is 14.5. The third kappa shape index (κ3) is 3.90. The Bertz CT molecular complexity index is 580. The Morgan fingerprint density at radius 2 is 2.11 bits per heavy atom. The molecule has 1 amide bonds. The second-order valence-electron chi connectivity index (χ2n) is 3.98. The lowest BCUT2D eigenvalue weighted by atomic mass is 10.1. The highest BCUT2D eigenvalue weighted by Gasteiger charge is 2.16. The predicted octanol–water partition coefficient (Wildman–Crippen LogP) is 1.21. The van der Waals surface area contributed by atoms with Crippen LogP contribution in [-0.2, 0) is 10.0 Å². The molecule has 0 saturated carbocycles. The number of carbonyl (C=O) groups excluding carboxylic acids is 1. The van der Waals surface area contributed by atoms with Crippen molar-refractivity contribution < 1.29 is 13.2 Å². The highest BCUT2D eigenvalue weighted by molar-refractivity contribution is 7.89. The monoisotopic (exact) mass is 282 g/mol. The normalized spacial score (nSPS) is 11.1. The van der Waals surface area contributed by atoms with Crippen LogP contribution >= 0.6 is 0 Å². The van der Waals surface area contributed by atoms with E-state index in [1.165, 1.54) is 18.2 Å². The van der Waals surface area contributed by atoms with Crippen molar-refractivity contribution >= 4 is 15.9 Å². The van der Waals surface area contributed by atoms with Gasteiger partial charge in [0.15, 0.2) is 0 Å². The van der Waals surface area contributed by atoms with Crippen LogP contribution in [0.5, 0.6) is 0 Å². The number of hydrogen-bond acceptors (Lipinski definition) is 3. The van der Waals surface area contributed by atoms with Gasteiger partial charge >= 0.3 is 0 Å². The molecule has 104 valence electrons. The number of amides is 1. The second-order valence-corrected chi connectivity index (χ2v) is 5.74. The van der Waals surface area contributed by atoms with Gasteiger partial charge in [-0.1, -0.05) is 12.1 Å². The first-order valence-electron chi connectivity index (χ1n) is 5.91. The summed E-state index contributed by atoms with van der Waals surface area (Å²) in [7, 11) is -3.61. The first kappa shape index (κ1) is 15.4. The molecule has 2 N–H and O–H groups in total. The van der Waals surface area contributed by atoms with Crippen LogP contribution in [0.2, 0.25) is 0 Å². The van der Waals surface area contributed by atoms with E-state index in [1.54, 1.807) is 19.9 Å². The average Bonchev–Trinajstić information content (AvgIpc) is 2.37. The van der Waals surface area contributed by atoms with E-state index in [0.29, 0.717) is 12.1 Å². The molecule has 0 radical (unpaired) electrons. The third-order valence-corrected chi connectivity index (χ3v) is 3.94. The van der Waals surface area contributed by atoms with Crippen LogP contribution in [0.1, 0.15) is 22.8 Å². The number of aryl methyl sites for hydroxylation is 1. The standard InChI is InChI=1S/C13H18N2O3S/c1-4-8-15-19(17,18)11-7-6-10(3)12(9-11)13(16)14-5-2/h4,6-7,9,15H,1,5,8H2,2-3H3,(H,14,16). The van der Waals surface area contributed by atoms with Crippen molar-refractivity contribution in [3.8, 4) is 0 Å². The van der Waals surface area contributed by atoms with Gasteiger partial charge in [-0.15, -0.1) is 6.58 Å². The van der Waals surface area contributed by atoms with Crippen LogP contribution in [0.3, 0.4) is 0 Å².